The molecule has 10 nitrogen and oxygen atoms in total. The van der Waals surface area contributed by atoms with Gasteiger partial charge in [-0.15, -0.1) is 0 Å². The zero-order valence-corrected chi connectivity index (χ0v) is 25.7. The third-order valence-corrected chi connectivity index (χ3v) is 9.36. The molecule has 10 heteroatoms. The standard InChI is InChI=1S/C34H41N7O3/c1-34(2,3)44-33(42)40-19-23-17-26(18-24(23)20-40)39-15-13-25(14-16-39)41-32-29(31(35)36-21-37-32)30(38-41)22-9-11-28(12-10-22)43-27-7-5-4-6-8-27/h4-12,21,23-26H,13-20H2,1-3H3,(H2,35,36,37)/t23-,24+,26?. The Labute approximate surface area is 258 Å². The molecule has 7 rings (SSSR count). The molecule has 0 bridgehead atoms. The Kier molecular flexibility index (Phi) is 7.40. The van der Waals surface area contributed by atoms with Gasteiger partial charge in [0.1, 0.15) is 34.9 Å². The van der Waals surface area contributed by atoms with Gasteiger partial charge in [0, 0.05) is 37.8 Å². The largest absolute Gasteiger partial charge is 0.457 e. The Morgan fingerprint density at radius 1 is 0.886 bits per heavy atom. The van der Waals surface area contributed by atoms with E-state index in [9.17, 15) is 4.79 Å². The van der Waals surface area contributed by atoms with E-state index in [1.165, 1.54) is 6.33 Å². The summed E-state index contributed by atoms with van der Waals surface area (Å²) in [5.74, 6) is 3.12. The van der Waals surface area contributed by atoms with Crippen LogP contribution in [0, 0.1) is 11.8 Å². The highest BCUT2D eigenvalue weighted by atomic mass is 16.6. The van der Waals surface area contributed by atoms with Crippen molar-refractivity contribution in [2.24, 2.45) is 11.8 Å². The summed E-state index contributed by atoms with van der Waals surface area (Å²) in [5.41, 5.74) is 8.48. The monoisotopic (exact) mass is 595 g/mol. The van der Waals surface area contributed by atoms with Crippen LogP contribution in [0.3, 0.4) is 0 Å². The SMILES string of the molecule is CC(C)(C)OC(=O)N1C[C@H]2CC(N3CCC(n4nc(-c5ccc(Oc6ccccc6)cc5)c5c(N)ncnc54)CC3)C[C@H]2C1. The Balaban J connectivity index is 1.02. The Hall–Kier alpha value is -4.18. The fourth-order valence-corrected chi connectivity index (χ4v) is 7.29. The van der Waals surface area contributed by atoms with E-state index in [-0.39, 0.29) is 12.1 Å². The van der Waals surface area contributed by atoms with E-state index in [2.05, 4.69) is 19.5 Å². The minimum atomic E-state index is -0.456. The first-order valence-corrected chi connectivity index (χ1v) is 15.8. The summed E-state index contributed by atoms with van der Waals surface area (Å²) in [4.78, 5) is 26.1. The molecule has 3 atom stereocenters. The van der Waals surface area contributed by atoms with E-state index in [1.54, 1.807) is 0 Å². The Morgan fingerprint density at radius 2 is 1.55 bits per heavy atom. The number of ether oxygens (including phenoxy) is 2. The van der Waals surface area contributed by atoms with Gasteiger partial charge in [-0.1, -0.05) is 18.2 Å². The molecule has 2 aromatic carbocycles. The van der Waals surface area contributed by atoms with Gasteiger partial charge in [0.2, 0.25) is 0 Å². The fraction of sp³-hybridized carbons (Fsp3) is 0.471. The van der Waals surface area contributed by atoms with Gasteiger partial charge in [0.15, 0.2) is 5.65 Å². The highest BCUT2D eigenvalue weighted by molar-refractivity contribution is 5.98. The normalized spacial score (nSPS) is 22.8. The summed E-state index contributed by atoms with van der Waals surface area (Å²) in [7, 11) is 0. The first kappa shape index (κ1) is 28.6. The van der Waals surface area contributed by atoms with Crippen molar-refractivity contribution in [3.63, 3.8) is 0 Å². The predicted molar refractivity (Wildman–Crippen MR) is 169 cm³/mol. The number of piperidine rings is 1. The minimum Gasteiger partial charge on any atom is -0.457 e. The van der Waals surface area contributed by atoms with E-state index in [0.29, 0.717) is 23.7 Å². The molecule has 1 aliphatic carbocycles. The second-order valence-electron chi connectivity index (χ2n) is 13.5. The van der Waals surface area contributed by atoms with E-state index < -0.39 is 5.60 Å². The first-order valence-electron chi connectivity index (χ1n) is 15.8. The van der Waals surface area contributed by atoms with Gasteiger partial charge in [-0.05, 0) is 94.7 Å². The molecular weight excluding hydrogens is 554 g/mol. The number of hydrogen-bond acceptors (Lipinski definition) is 8. The number of anilines is 1. The molecule has 2 saturated heterocycles. The molecule has 0 spiro atoms. The second kappa shape index (κ2) is 11.4. The molecule has 2 aromatic heterocycles. The van der Waals surface area contributed by atoms with Gasteiger partial charge in [0.05, 0.1) is 11.4 Å². The van der Waals surface area contributed by atoms with Crippen LogP contribution in [0.4, 0.5) is 10.6 Å². The molecule has 230 valence electrons. The van der Waals surface area contributed by atoms with Gasteiger partial charge >= 0.3 is 6.09 Å². The highest BCUT2D eigenvalue weighted by Crippen LogP contribution is 2.42. The number of benzene rings is 2. The molecule has 1 amide bonds. The summed E-state index contributed by atoms with van der Waals surface area (Å²) in [6.45, 7) is 9.45. The number of carbonyl (C=O) groups excluding carboxylic acids is 1. The van der Waals surface area contributed by atoms with Crippen molar-refractivity contribution in [1.29, 1.82) is 0 Å². The lowest BCUT2D eigenvalue weighted by Crippen LogP contribution is -2.42. The number of nitrogens with zero attached hydrogens (tertiary/aromatic N) is 6. The third-order valence-electron chi connectivity index (χ3n) is 9.36. The zero-order valence-electron chi connectivity index (χ0n) is 25.7. The topological polar surface area (TPSA) is 112 Å². The van der Waals surface area contributed by atoms with E-state index in [4.69, 9.17) is 20.3 Å². The van der Waals surface area contributed by atoms with E-state index in [1.807, 2.05) is 80.3 Å². The van der Waals surface area contributed by atoms with Crippen LogP contribution in [-0.2, 0) is 4.74 Å². The summed E-state index contributed by atoms with van der Waals surface area (Å²) in [6.07, 6.45) is 5.66. The maximum atomic E-state index is 12.6. The number of likely N-dealkylation sites (tertiary alicyclic amines) is 2. The predicted octanol–water partition coefficient (Wildman–Crippen LogP) is 6.15. The fourth-order valence-electron chi connectivity index (χ4n) is 7.29. The summed E-state index contributed by atoms with van der Waals surface area (Å²) >= 11 is 0. The molecule has 44 heavy (non-hydrogen) atoms. The van der Waals surface area contributed by atoms with Crippen molar-refractivity contribution in [2.75, 3.05) is 31.9 Å². The first-order chi connectivity index (χ1) is 21.2. The van der Waals surface area contributed by atoms with Crippen LogP contribution in [0.2, 0.25) is 0 Å². The summed E-state index contributed by atoms with van der Waals surface area (Å²) in [6, 6.07) is 18.5. The van der Waals surface area contributed by atoms with Crippen LogP contribution in [0.25, 0.3) is 22.3 Å². The smallest absolute Gasteiger partial charge is 0.410 e. The lowest BCUT2D eigenvalue weighted by atomic mass is 10.0. The van der Waals surface area contributed by atoms with Crippen molar-refractivity contribution in [3.05, 3.63) is 60.9 Å². The number of nitrogen functional groups attached to an aromatic ring is 1. The van der Waals surface area contributed by atoms with Crippen LogP contribution in [0.15, 0.2) is 60.9 Å². The molecular formula is C34H41N7O3. The zero-order chi connectivity index (χ0) is 30.4. The molecule has 2 N–H and O–H groups in total. The van der Waals surface area contributed by atoms with Gasteiger partial charge in [-0.2, -0.15) is 5.10 Å². The van der Waals surface area contributed by atoms with Crippen LogP contribution >= 0.6 is 0 Å². The van der Waals surface area contributed by atoms with Crippen molar-refractivity contribution in [3.8, 4) is 22.8 Å². The average Bonchev–Trinajstić information content (AvgIpc) is 3.70. The van der Waals surface area contributed by atoms with Crippen molar-refractivity contribution < 1.29 is 14.3 Å². The van der Waals surface area contributed by atoms with Crippen LogP contribution < -0.4 is 10.5 Å². The molecule has 1 unspecified atom stereocenters. The van der Waals surface area contributed by atoms with Crippen LogP contribution in [0.5, 0.6) is 11.5 Å². The van der Waals surface area contributed by atoms with Crippen LogP contribution in [0.1, 0.15) is 52.5 Å². The molecule has 4 aromatic rings. The van der Waals surface area contributed by atoms with Gasteiger partial charge in [-0.3, -0.25) is 0 Å². The molecule has 3 aliphatic rings. The van der Waals surface area contributed by atoms with Gasteiger partial charge in [0.25, 0.3) is 0 Å². The van der Waals surface area contributed by atoms with Crippen molar-refractivity contribution >= 4 is 22.9 Å². The van der Waals surface area contributed by atoms with E-state index in [0.717, 1.165) is 85.7 Å². The van der Waals surface area contributed by atoms with Crippen molar-refractivity contribution in [1.82, 2.24) is 29.5 Å². The number of para-hydroxylation sites is 1. The highest BCUT2D eigenvalue weighted by Gasteiger charge is 2.45. The molecule has 2 aliphatic heterocycles. The maximum Gasteiger partial charge on any atom is 0.410 e. The van der Waals surface area contributed by atoms with Crippen molar-refractivity contribution in [2.45, 2.75) is 64.1 Å². The summed E-state index contributed by atoms with van der Waals surface area (Å²) < 4.78 is 13.7. The molecule has 1 saturated carbocycles. The number of carbonyl (C=O) groups is 1. The molecule has 3 fully saturated rings. The second-order valence-corrected chi connectivity index (χ2v) is 13.5. The van der Waals surface area contributed by atoms with Gasteiger partial charge < -0.3 is 25.0 Å². The lowest BCUT2D eigenvalue weighted by molar-refractivity contribution is 0.0271. The molecule has 0 radical (unpaired) electrons. The number of hydrogen-bond donors (Lipinski definition) is 1. The molecule has 4 heterocycles. The quantitative estimate of drug-likeness (QED) is 0.292. The lowest BCUT2D eigenvalue weighted by Gasteiger charge is -2.36. The Morgan fingerprint density at radius 3 is 2.20 bits per heavy atom. The number of fused-ring (bicyclic) bond motifs is 2. The minimum absolute atomic E-state index is 0.170. The van der Waals surface area contributed by atoms with Gasteiger partial charge in [-0.25, -0.2) is 19.4 Å². The number of rotatable bonds is 5. The number of nitrogens with two attached hydrogens (primary N) is 1. The summed E-state index contributed by atoms with van der Waals surface area (Å²) in [5, 5.41) is 5.90. The number of amides is 1. The average molecular weight is 596 g/mol. The third kappa shape index (κ3) is 5.70. The Bertz CT molecular complexity index is 1610. The van der Waals surface area contributed by atoms with E-state index >= 15 is 0 Å². The maximum absolute atomic E-state index is 12.6. The number of aromatic nitrogens is 4. The van der Waals surface area contributed by atoms with Crippen LogP contribution in [-0.4, -0.2) is 73.5 Å².